The van der Waals surface area contributed by atoms with E-state index >= 15 is 0 Å². The summed E-state index contributed by atoms with van der Waals surface area (Å²) in [6.45, 7) is 13.6. The maximum absolute atomic E-state index is 14.7. The number of nitrogens with zero attached hydrogens (tertiary/aromatic N) is 3. The van der Waals surface area contributed by atoms with Crippen LogP contribution < -0.4 is 5.19 Å². The van der Waals surface area contributed by atoms with E-state index in [9.17, 15) is 4.39 Å². The number of pyridine rings is 1. The van der Waals surface area contributed by atoms with E-state index in [1.165, 1.54) is 22.9 Å². The Morgan fingerprint density at radius 1 is 0.766 bits per heavy atom. The van der Waals surface area contributed by atoms with E-state index in [4.69, 9.17) is 9.10 Å². The monoisotopic (exact) mass is 1050 g/mol. The number of aryl methyl sites for hydroxylation is 2. The van der Waals surface area contributed by atoms with E-state index in [1.807, 2.05) is 60.8 Å². The number of hydrogen-bond acceptors (Lipinski definition) is 3. The van der Waals surface area contributed by atoms with Crippen LogP contribution in [-0.4, -0.2) is 22.6 Å². The number of thiophene rings is 1. The van der Waals surface area contributed by atoms with E-state index in [0.717, 1.165) is 76.0 Å². The Morgan fingerprint density at radius 3 is 2.22 bits per heavy atom. The third kappa shape index (κ3) is 8.96. The van der Waals surface area contributed by atoms with Gasteiger partial charge in [0.15, 0.2) is 0 Å². The second-order valence-corrected chi connectivity index (χ2v) is 24.3. The molecule has 0 fully saturated rings. The van der Waals surface area contributed by atoms with Gasteiger partial charge in [-0.3, -0.25) is 4.98 Å². The van der Waals surface area contributed by atoms with Gasteiger partial charge in [0.05, 0.1) is 24.9 Å². The Morgan fingerprint density at radius 2 is 1.53 bits per heavy atom. The van der Waals surface area contributed by atoms with Gasteiger partial charge in [0.25, 0.3) is 0 Å². The van der Waals surface area contributed by atoms with Gasteiger partial charge in [0.1, 0.15) is 5.82 Å². The van der Waals surface area contributed by atoms with Crippen LogP contribution in [0.5, 0.6) is 0 Å². The largest absolute Gasteiger partial charge is 0.333 e. The van der Waals surface area contributed by atoms with Crippen molar-refractivity contribution in [1.82, 2.24) is 14.5 Å². The fourth-order valence-electron chi connectivity index (χ4n) is 8.05. The number of hydrogen-bond donors (Lipinski definition) is 0. The maximum Gasteiger partial charge on any atom is 0.125 e. The van der Waals surface area contributed by atoms with Gasteiger partial charge < -0.3 is 9.55 Å². The predicted molar refractivity (Wildman–Crippen MR) is 269 cm³/mol. The molecular formula is C57H50FIrN3SSi-2. The molecule has 0 saturated heterocycles. The fourth-order valence-corrected chi connectivity index (χ4v) is 10.4. The van der Waals surface area contributed by atoms with Crippen molar-refractivity contribution in [2.75, 3.05) is 0 Å². The third-order valence-electron chi connectivity index (χ3n) is 11.6. The smallest absolute Gasteiger partial charge is 0.125 e. The molecule has 64 heavy (non-hydrogen) atoms. The van der Waals surface area contributed by atoms with Gasteiger partial charge in [-0.2, -0.15) is 11.3 Å². The molecule has 321 valence electrons. The van der Waals surface area contributed by atoms with Gasteiger partial charge in [0, 0.05) is 52.4 Å². The summed E-state index contributed by atoms with van der Waals surface area (Å²) >= 11 is 1.69. The molecule has 10 rings (SSSR count). The summed E-state index contributed by atoms with van der Waals surface area (Å²) in [6, 6.07) is 56.4. The van der Waals surface area contributed by atoms with Crippen LogP contribution in [0.3, 0.4) is 0 Å². The molecule has 3 aromatic heterocycles. The zero-order valence-corrected chi connectivity index (χ0v) is 41.2. The van der Waals surface area contributed by atoms with Crippen LogP contribution >= 0.6 is 11.3 Å². The van der Waals surface area contributed by atoms with Crippen LogP contribution in [0.25, 0.3) is 81.8 Å². The molecule has 0 aliphatic carbocycles. The SMILES string of the molecule is C[Si](C)(C)c1ccc(-c2[c-]cccc2)nc1.[2H]C([2H])([2H])c1ccc(-c2ccc3c(c2)sc2c(-c4nc5cc(F)ccc5n4-c4ccc(C(C)(C)C)cc4-c4ccccc4)[c-]cc(C)c23)cc1.[Ir]. The summed E-state index contributed by atoms with van der Waals surface area (Å²) in [4.78, 5) is 9.64. The van der Waals surface area contributed by atoms with Crippen molar-refractivity contribution in [1.29, 1.82) is 0 Å². The molecule has 0 aliphatic heterocycles. The topological polar surface area (TPSA) is 30.7 Å². The molecule has 0 spiro atoms. The minimum absolute atomic E-state index is 0. The summed E-state index contributed by atoms with van der Waals surface area (Å²) in [5.41, 5.74) is 12.0. The van der Waals surface area contributed by atoms with Crippen molar-refractivity contribution < 1.29 is 28.6 Å². The predicted octanol–water partition coefficient (Wildman–Crippen LogP) is 15.3. The van der Waals surface area contributed by atoms with Gasteiger partial charge in [-0.1, -0.05) is 149 Å². The van der Waals surface area contributed by atoms with Crippen molar-refractivity contribution in [3.8, 4) is 50.6 Å². The number of rotatable bonds is 6. The molecule has 0 bridgehead atoms. The molecule has 0 aliphatic rings. The molecule has 7 aromatic carbocycles. The first-order valence-electron chi connectivity index (χ1n) is 22.7. The van der Waals surface area contributed by atoms with Gasteiger partial charge in [-0.25, -0.2) is 4.39 Å². The van der Waals surface area contributed by atoms with Crippen LogP contribution in [0.15, 0.2) is 158 Å². The van der Waals surface area contributed by atoms with E-state index < -0.39 is 14.9 Å². The van der Waals surface area contributed by atoms with Crippen molar-refractivity contribution in [3.63, 3.8) is 0 Å². The molecule has 0 N–H and O–H groups in total. The van der Waals surface area contributed by atoms with Crippen LogP contribution in [0.1, 0.15) is 41.6 Å². The third-order valence-corrected chi connectivity index (χ3v) is 14.8. The molecule has 0 unspecified atom stereocenters. The average Bonchev–Trinajstić information content (AvgIpc) is 3.88. The zero-order chi connectivity index (χ0) is 46.5. The molecular weight excluding hydrogens is 998 g/mol. The van der Waals surface area contributed by atoms with Crippen molar-refractivity contribution >= 4 is 55.8 Å². The van der Waals surface area contributed by atoms with Crippen LogP contribution in [0.2, 0.25) is 19.6 Å². The fraction of sp³-hybridized carbons (Fsp3) is 0.158. The number of benzene rings is 7. The summed E-state index contributed by atoms with van der Waals surface area (Å²) in [7, 11) is -1.23. The van der Waals surface area contributed by atoms with Gasteiger partial charge >= 0.3 is 0 Å². The molecule has 0 saturated carbocycles. The van der Waals surface area contributed by atoms with Gasteiger partial charge in [0.2, 0.25) is 0 Å². The van der Waals surface area contributed by atoms with Crippen LogP contribution in [0, 0.1) is 31.7 Å². The molecule has 10 aromatic rings. The van der Waals surface area contributed by atoms with Crippen molar-refractivity contribution in [2.45, 2.75) is 59.6 Å². The van der Waals surface area contributed by atoms with E-state index in [0.29, 0.717) is 16.9 Å². The van der Waals surface area contributed by atoms with Crippen LogP contribution in [0.4, 0.5) is 4.39 Å². The minimum atomic E-state index is -2.14. The number of halogens is 1. The van der Waals surface area contributed by atoms with Gasteiger partial charge in [-0.05, 0) is 85.8 Å². The first-order valence-corrected chi connectivity index (χ1v) is 25.6. The first kappa shape index (κ1) is 40.9. The Balaban J connectivity index is 0.000000303. The standard InChI is InChI=1S/C43H34FN2S.C14H16NSi.Ir/c1-26-11-14-28(15-12-26)30-16-20-33-39(23-30)47-41-34(19-13-27(2)40(33)41)42-45-36-25-32(44)18-22-38(36)46(42)37-21-17-31(43(3,4)5)24-35(37)29-9-7-6-8-10-29;1-16(2,3)13-9-10-14(15-11-13)12-7-5-4-6-8-12;/h6-18,20-25H,1-5H3;4-7,9-11H,1-3H3;/q2*-1;/i1D3;;. The van der Waals surface area contributed by atoms with E-state index in [-0.39, 0.29) is 31.3 Å². The first-order chi connectivity index (χ1) is 31.4. The summed E-state index contributed by atoms with van der Waals surface area (Å²) < 4.78 is 42.3. The summed E-state index contributed by atoms with van der Waals surface area (Å²) in [5, 5.41) is 3.67. The minimum Gasteiger partial charge on any atom is -0.333 e. The molecule has 0 amide bonds. The maximum atomic E-state index is 14.7. The van der Waals surface area contributed by atoms with E-state index in [2.05, 4.69) is 142 Å². The normalized spacial score (nSPS) is 12.6. The summed E-state index contributed by atoms with van der Waals surface area (Å²) in [6.07, 6.45) is 2.02. The quantitative estimate of drug-likeness (QED) is 0.123. The summed E-state index contributed by atoms with van der Waals surface area (Å²) in [5.74, 6) is 0.364. The molecule has 3 nitrogen and oxygen atoms in total. The van der Waals surface area contributed by atoms with E-state index in [1.54, 1.807) is 23.5 Å². The van der Waals surface area contributed by atoms with Crippen LogP contribution in [-0.2, 0) is 25.5 Å². The number of aromatic nitrogens is 3. The van der Waals surface area contributed by atoms with Gasteiger partial charge in [-0.15, -0.1) is 53.6 Å². The molecule has 7 heteroatoms. The zero-order valence-electron chi connectivity index (χ0n) is 40.0. The Hall–Kier alpha value is -5.82. The second-order valence-electron chi connectivity index (χ2n) is 18.2. The number of fused-ring (bicyclic) bond motifs is 4. The average molecular weight is 1050 g/mol. The molecule has 1 radical (unpaired) electrons. The number of imidazole rings is 1. The molecule has 3 heterocycles. The second kappa shape index (κ2) is 18.0. The Bertz CT molecular complexity index is 3370. The van der Waals surface area contributed by atoms with Crippen molar-refractivity contribution in [3.05, 3.63) is 192 Å². The Kier molecular flexibility index (Phi) is 11.5. The van der Waals surface area contributed by atoms with Crippen molar-refractivity contribution in [2.24, 2.45) is 0 Å². The Labute approximate surface area is 399 Å². The molecule has 0 atom stereocenters.